The van der Waals surface area contributed by atoms with E-state index in [1.807, 2.05) is 0 Å². The van der Waals surface area contributed by atoms with E-state index >= 15 is 0 Å². The maximum atomic E-state index is 9.50. The van der Waals surface area contributed by atoms with Gasteiger partial charge in [-0.15, -0.1) is 0 Å². The van der Waals surface area contributed by atoms with Gasteiger partial charge in [0.05, 0.1) is 12.2 Å². The summed E-state index contributed by atoms with van der Waals surface area (Å²) in [4.78, 5) is 8.10. The van der Waals surface area contributed by atoms with Crippen molar-refractivity contribution in [2.45, 2.75) is 37.5 Å². The SMILES string of the molecule is O[C@@H]1CCC(Nc2ncccn2)C[C@@H]1O. The van der Waals surface area contributed by atoms with E-state index in [1.165, 1.54) is 0 Å². The molecule has 1 unspecified atom stereocenters. The zero-order valence-corrected chi connectivity index (χ0v) is 8.37. The molecular weight excluding hydrogens is 194 g/mol. The number of aromatic nitrogens is 2. The van der Waals surface area contributed by atoms with Gasteiger partial charge in [-0.2, -0.15) is 0 Å². The fraction of sp³-hybridized carbons (Fsp3) is 0.600. The first-order chi connectivity index (χ1) is 7.25. The third kappa shape index (κ3) is 2.64. The molecule has 0 aromatic carbocycles. The van der Waals surface area contributed by atoms with Crippen molar-refractivity contribution in [2.24, 2.45) is 0 Å². The zero-order valence-electron chi connectivity index (χ0n) is 8.37. The Morgan fingerprint density at radius 3 is 2.53 bits per heavy atom. The van der Waals surface area contributed by atoms with Crippen LogP contribution in [0.1, 0.15) is 19.3 Å². The van der Waals surface area contributed by atoms with E-state index in [9.17, 15) is 10.2 Å². The van der Waals surface area contributed by atoms with Crippen molar-refractivity contribution in [3.63, 3.8) is 0 Å². The minimum Gasteiger partial charge on any atom is -0.390 e. The number of nitrogens with one attached hydrogen (secondary N) is 1. The van der Waals surface area contributed by atoms with Crippen LogP contribution in [0.15, 0.2) is 18.5 Å². The molecule has 1 aliphatic rings. The number of hydrogen-bond acceptors (Lipinski definition) is 5. The summed E-state index contributed by atoms with van der Waals surface area (Å²) in [6.07, 6.45) is 4.11. The van der Waals surface area contributed by atoms with Crippen LogP contribution in [0.4, 0.5) is 5.95 Å². The molecule has 2 rings (SSSR count). The fourth-order valence-electron chi connectivity index (χ4n) is 1.82. The van der Waals surface area contributed by atoms with Gasteiger partial charge in [-0.1, -0.05) is 0 Å². The van der Waals surface area contributed by atoms with Crippen molar-refractivity contribution in [2.75, 3.05) is 5.32 Å². The summed E-state index contributed by atoms with van der Waals surface area (Å²) in [5, 5.41) is 22.0. The van der Waals surface area contributed by atoms with Crippen molar-refractivity contribution in [3.05, 3.63) is 18.5 Å². The summed E-state index contributed by atoms with van der Waals surface area (Å²) >= 11 is 0. The lowest BCUT2D eigenvalue weighted by Gasteiger charge is -2.30. The van der Waals surface area contributed by atoms with Gasteiger partial charge in [0.2, 0.25) is 5.95 Å². The molecule has 5 nitrogen and oxygen atoms in total. The van der Waals surface area contributed by atoms with Crippen LogP contribution < -0.4 is 5.32 Å². The lowest BCUT2D eigenvalue weighted by atomic mass is 9.91. The topological polar surface area (TPSA) is 78.3 Å². The third-order valence-corrected chi connectivity index (χ3v) is 2.68. The molecule has 3 N–H and O–H groups in total. The molecule has 5 heteroatoms. The largest absolute Gasteiger partial charge is 0.390 e. The first-order valence-corrected chi connectivity index (χ1v) is 5.15. The van der Waals surface area contributed by atoms with Gasteiger partial charge < -0.3 is 15.5 Å². The van der Waals surface area contributed by atoms with Crippen LogP contribution in [-0.2, 0) is 0 Å². The summed E-state index contributed by atoms with van der Waals surface area (Å²) < 4.78 is 0. The van der Waals surface area contributed by atoms with Gasteiger partial charge in [0.25, 0.3) is 0 Å². The summed E-state index contributed by atoms with van der Waals surface area (Å²) in [5.74, 6) is 0.575. The Kier molecular flexibility index (Phi) is 3.13. The molecule has 3 atom stereocenters. The number of nitrogens with zero attached hydrogens (tertiary/aromatic N) is 2. The normalized spacial score (nSPS) is 31.2. The van der Waals surface area contributed by atoms with Crippen molar-refractivity contribution in [3.8, 4) is 0 Å². The summed E-state index contributed by atoms with van der Waals surface area (Å²) in [5.41, 5.74) is 0. The van der Waals surface area contributed by atoms with Crippen molar-refractivity contribution >= 4 is 5.95 Å². The van der Waals surface area contributed by atoms with E-state index in [2.05, 4.69) is 15.3 Å². The maximum Gasteiger partial charge on any atom is 0.222 e. The van der Waals surface area contributed by atoms with E-state index in [0.29, 0.717) is 18.8 Å². The van der Waals surface area contributed by atoms with Gasteiger partial charge in [-0.05, 0) is 25.3 Å². The highest BCUT2D eigenvalue weighted by atomic mass is 16.3. The molecule has 1 heterocycles. The molecule has 0 radical (unpaired) electrons. The van der Waals surface area contributed by atoms with Crippen LogP contribution in [0.2, 0.25) is 0 Å². The van der Waals surface area contributed by atoms with Crippen molar-refractivity contribution < 1.29 is 10.2 Å². The number of rotatable bonds is 2. The summed E-state index contributed by atoms with van der Waals surface area (Å²) in [6, 6.07) is 1.90. The zero-order chi connectivity index (χ0) is 10.7. The first-order valence-electron chi connectivity index (χ1n) is 5.15. The van der Waals surface area contributed by atoms with E-state index in [-0.39, 0.29) is 6.04 Å². The van der Waals surface area contributed by atoms with Gasteiger partial charge in [0, 0.05) is 18.4 Å². The van der Waals surface area contributed by atoms with E-state index < -0.39 is 12.2 Å². The maximum absolute atomic E-state index is 9.50. The Morgan fingerprint density at radius 2 is 1.87 bits per heavy atom. The summed E-state index contributed by atoms with van der Waals surface area (Å²) in [7, 11) is 0. The molecule has 1 fully saturated rings. The van der Waals surface area contributed by atoms with Crippen LogP contribution >= 0.6 is 0 Å². The van der Waals surface area contributed by atoms with Gasteiger partial charge in [0.1, 0.15) is 0 Å². The molecule has 1 aromatic heterocycles. The van der Waals surface area contributed by atoms with Crippen LogP contribution in [0.3, 0.4) is 0 Å². The predicted molar refractivity (Wildman–Crippen MR) is 55.3 cm³/mol. The quantitative estimate of drug-likeness (QED) is 0.647. The van der Waals surface area contributed by atoms with Crippen LogP contribution in [0.25, 0.3) is 0 Å². The molecule has 0 spiro atoms. The Morgan fingerprint density at radius 1 is 1.13 bits per heavy atom. The summed E-state index contributed by atoms with van der Waals surface area (Å²) in [6.45, 7) is 0. The van der Waals surface area contributed by atoms with Gasteiger partial charge in [-0.25, -0.2) is 9.97 Å². The number of hydrogen-bond donors (Lipinski definition) is 3. The van der Waals surface area contributed by atoms with Crippen LogP contribution in [0, 0.1) is 0 Å². The van der Waals surface area contributed by atoms with Gasteiger partial charge >= 0.3 is 0 Å². The van der Waals surface area contributed by atoms with E-state index in [1.54, 1.807) is 18.5 Å². The number of anilines is 1. The molecule has 0 saturated heterocycles. The van der Waals surface area contributed by atoms with E-state index in [0.717, 1.165) is 6.42 Å². The molecule has 15 heavy (non-hydrogen) atoms. The average Bonchev–Trinajstić information content (AvgIpc) is 2.25. The molecule has 1 aromatic rings. The molecule has 82 valence electrons. The lowest BCUT2D eigenvalue weighted by Crippen LogP contribution is -2.39. The fourth-order valence-corrected chi connectivity index (χ4v) is 1.82. The van der Waals surface area contributed by atoms with Crippen LogP contribution in [-0.4, -0.2) is 38.4 Å². The molecule has 0 amide bonds. The monoisotopic (exact) mass is 209 g/mol. The molecule has 1 aliphatic carbocycles. The Labute approximate surface area is 88.2 Å². The smallest absolute Gasteiger partial charge is 0.222 e. The Hall–Kier alpha value is -1.20. The van der Waals surface area contributed by atoms with E-state index in [4.69, 9.17) is 0 Å². The highest BCUT2D eigenvalue weighted by Crippen LogP contribution is 2.21. The molecular formula is C10H15N3O2. The van der Waals surface area contributed by atoms with Gasteiger partial charge in [-0.3, -0.25) is 0 Å². The standard InChI is InChI=1S/C10H15N3O2/c14-8-3-2-7(6-9(8)15)13-10-11-4-1-5-12-10/h1,4-5,7-9,14-15H,2-3,6H2,(H,11,12,13)/t7?,8-,9+/m1/s1. The average molecular weight is 209 g/mol. The number of aliphatic hydroxyl groups excluding tert-OH is 2. The minimum absolute atomic E-state index is 0.144. The molecule has 0 bridgehead atoms. The second-order valence-electron chi connectivity index (χ2n) is 3.86. The van der Waals surface area contributed by atoms with Crippen molar-refractivity contribution in [1.29, 1.82) is 0 Å². The second-order valence-corrected chi connectivity index (χ2v) is 3.86. The van der Waals surface area contributed by atoms with Crippen molar-refractivity contribution in [1.82, 2.24) is 9.97 Å². The molecule has 0 aliphatic heterocycles. The lowest BCUT2D eigenvalue weighted by molar-refractivity contribution is -0.0120. The molecule has 1 saturated carbocycles. The minimum atomic E-state index is -0.639. The number of aliphatic hydroxyl groups is 2. The predicted octanol–water partition coefficient (Wildman–Crippen LogP) is 0.163. The van der Waals surface area contributed by atoms with Crippen LogP contribution in [0.5, 0.6) is 0 Å². The van der Waals surface area contributed by atoms with Gasteiger partial charge in [0.15, 0.2) is 0 Å². The highest BCUT2D eigenvalue weighted by Gasteiger charge is 2.27. The first kappa shape index (κ1) is 10.3. The second kappa shape index (κ2) is 4.55. The Bertz CT molecular complexity index is 307. The third-order valence-electron chi connectivity index (χ3n) is 2.68. The highest BCUT2D eigenvalue weighted by molar-refractivity contribution is 5.24. The Balaban J connectivity index is 1.91.